The van der Waals surface area contributed by atoms with Crippen LogP contribution in [-0.4, -0.2) is 4.98 Å². The van der Waals surface area contributed by atoms with Crippen LogP contribution in [0.5, 0.6) is 0 Å². The van der Waals surface area contributed by atoms with E-state index < -0.39 is 0 Å². The highest BCUT2D eigenvalue weighted by molar-refractivity contribution is 5.85. The predicted molar refractivity (Wildman–Crippen MR) is 134 cm³/mol. The number of benzene rings is 2. The van der Waals surface area contributed by atoms with Crippen molar-refractivity contribution in [3.63, 3.8) is 0 Å². The number of pyridine rings is 2. The highest BCUT2D eigenvalue weighted by Crippen LogP contribution is 2.49. The molecule has 0 unspecified atom stereocenters. The third kappa shape index (κ3) is 3.08. The number of hydrogen-bond acceptors (Lipinski definition) is 1. The zero-order valence-electron chi connectivity index (χ0n) is 20.4. The lowest BCUT2D eigenvalue weighted by Gasteiger charge is -2.21. The van der Waals surface area contributed by atoms with Crippen LogP contribution in [0.2, 0.25) is 0 Å². The average Bonchev–Trinajstić information content (AvgIpc) is 2.94. The molecule has 0 amide bonds. The highest BCUT2D eigenvalue weighted by Gasteiger charge is 2.38. The van der Waals surface area contributed by atoms with Gasteiger partial charge in [-0.25, -0.2) is 0 Å². The van der Waals surface area contributed by atoms with E-state index in [9.17, 15) is 0 Å². The molecule has 2 aromatic carbocycles. The van der Waals surface area contributed by atoms with E-state index in [1.54, 1.807) is 0 Å². The van der Waals surface area contributed by atoms with Crippen molar-refractivity contribution in [1.29, 1.82) is 0 Å². The summed E-state index contributed by atoms with van der Waals surface area (Å²) in [6.07, 6.45) is 1.10. The van der Waals surface area contributed by atoms with Crippen LogP contribution in [0.3, 0.4) is 0 Å². The summed E-state index contributed by atoms with van der Waals surface area (Å²) in [4.78, 5) is 4.94. The molecule has 5 rings (SSSR count). The van der Waals surface area contributed by atoms with Crippen LogP contribution in [0.1, 0.15) is 55.8 Å². The Morgan fingerprint density at radius 3 is 2.44 bits per heavy atom. The minimum Gasteiger partial charge on any atom is -0.257 e. The summed E-state index contributed by atoms with van der Waals surface area (Å²) in [5.41, 5.74) is 12.8. The van der Waals surface area contributed by atoms with E-state index in [0.29, 0.717) is 5.92 Å². The van der Waals surface area contributed by atoms with Gasteiger partial charge in [-0.15, -0.1) is 0 Å². The highest BCUT2D eigenvalue weighted by atomic mass is 14.9. The van der Waals surface area contributed by atoms with Crippen LogP contribution in [0.15, 0.2) is 54.6 Å². The van der Waals surface area contributed by atoms with Crippen LogP contribution in [0.25, 0.3) is 33.3 Å². The lowest BCUT2D eigenvalue weighted by atomic mass is 9.83. The Labute approximate surface area is 192 Å². The monoisotopic (exact) mass is 421 g/mol. The maximum absolute atomic E-state index is 4.94. The standard InChI is InChI=1S/C30H33N2/c1-18(2)15-21-9-8-10-27-22(21)13-14-28(32(27)7)24-17-26-25(16-19(24)3)23-12-11-20(4)31-29(23)30(26,5)6/h8-14,16-18H,15H2,1-7H3/q+1. The van der Waals surface area contributed by atoms with Crippen LogP contribution in [-0.2, 0) is 18.9 Å². The maximum atomic E-state index is 4.94. The molecule has 2 heteroatoms. The fourth-order valence-electron chi connectivity index (χ4n) is 5.48. The number of rotatable bonds is 3. The Morgan fingerprint density at radius 1 is 0.906 bits per heavy atom. The van der Waals surface area contributed by atoms with Crippen molar-refractivity contribution in [3.8, 4) is 22.4 Å². The predicted octanol–water partition coefficient (Wildman–Crippen LogP) is 6.85. The van der Waals surface area contributed by atoms with E-state index >= 15 is 0 Å². The molecule has 4 aromatic rings. The van der Waals surface area contributed by atoms with Crippen LogP contribution in [0, 0.1) is 19.8 Å². The third-order valence-electron chi connectivity index (χ3n) is 7.16. The molecule has 0 bridgehead atoms. The van der Waals surface area contributed by atoms with E-state index in [1.807, 2.05) is 0 Å². The summed E-state index contributed by atoms with van der Waals surface area (Å²) in [6, 6.07) is 20.5. The van der Waals surface area contributed by atoms with E-state index in [1.165, 1.54) is 55.7 Å². The molecule has 0 aliphatic heterocycles. The molecular formula is C30H33N2+. The van der Waals surface area contributed by atoms with E-state index in [0.717, 1.165) is 12.1 Å². The summed E-state index contributed by atoms with van der Waals surface area (Å²) in [6.45, 7) is 13.5. The first-order chi connectivity index (χ1) is 15.2. The lowest BCUT2D eigenvalue weighted by molar-refractivity contribution is -0.633. The first-order valence-electron chi connectivity index (χ1n) is 11.7. The second-order valence-electron chi connectivity index (χ2n) is 10.4. The van der Waals surface area contributed by atoms with Crippen LogP contribution < -0.4 is 4.57 Å². The molecule has 0 atom stereocenters. The SMILES string of the molecule is Cc1ccc2c(n1)C(C)(C)c1cc(-c3ccc4c(CC(C)C)cccc4[n+]3C)c(C)cc1-2. The fraction of sp³-hybridized carbons (Fsp3) is 0.333. The molecule has 0 fully saturated rings. The van der Waals surface area contributed by atoms with Crippen LogP contribution in [0.4, 0.5) is 0 Å². The van der Waals surface area contributed by atoms with Gasteiger partial charge in [0.05, 0.1) is 5.69 Å². The zero-order chi connectivity index (χ0) is 22.8. The average molecular weight is 422 g/mol. The number of nitrogens with zero attached hydrogens (tertiary/aromatic N) is 2. The largest absolute Gasteiger partial charge is 0.257 e. The Bertz CT molecular complexity index is 1380. The molecule has 2 aromatic heterocycles. The van der Waals surface area contributed by atoms with Gasteiger partial charge in [-0.05, 0) is 66.6 Å². The molecule has 162 valence electrons. The molecule has 0 saturated carbocycles. The van der Waals surface area contributed by atoms with Gasteiger partial charge in [-0.1, -0.05) is 52.0 Å². The number of fused-ring (bicyclic) bond motifs is 4. The van der Waals surface area contributed by atoms with Gasteiger partial charge < -0.3 is 0 Å². The van der Waals surface area contributed by atoms with Crippen molar-refractivity contribution in [2.24, 2.45) is 13.0 Å². The number of aryl methyl sites for hydroxylation is 3. The van der Waals surface area contributed by atoms with Gasteiger partial charge in [0, 0.05) is 39.8 Å². The molecule has 1 aliphatic carbocycles. The van der Waals surface area contributed by atoms with Gasteiger partial charge in [0.25, 0.3) is 0 Å². The van der Waals surface area contributed by atoms with Crippen molar-refractivity contribution in [2.75, 3.05) is 0 Å². The van der Waals surface area contributed by atoms with Gasteiger partial charge in [-0.2, -0.15) is 4.57 Å². The molecule has 1 aliphatic rings. The summed E-state index contributed by atoms with van der Waals surface area (Å²) >= 11 is 0. The first kappa shape index (κ1) is 20.9. The number of aromatic nitrogens is 2. The van der Waals surface area contributed by atoms with E-state index in [2.05, 4.69) is 108 Å². The molecule has 0 radical (unpaired) electrons. The van der Waals surface area contributed by atoms with E-state index in [-0.39, 0.29) is 5.41 Å². The lowest BCUT2D eigenvalue weighted by Crippen LogP contribution is -2.32. The maximum Gasteiger partial charge on any atom is 0.213 e. The molecule has 2 heterocycles. The fourth-order valence-corrected chi connectivity index (χ4v) is 5.48. The van der Waals surface area contributed by atoms with Gasteiger partial charge in [-0.3, -0.25) is 4.98 Å². The van der Waals surface area contributed by atoms with E-state index in [4.69, 9.17) is 4.98 Å². The summed E-state index contributed by atoms with van der Waals surface area (Å²) in [5.74, 6) is 0.644. The normalized spacial score (nSPS) is 14.1. The Kier molecular flexibility index (Phi) is 4.74. The molecule has 0 saturated heterocycles. The summed E-state index contributed by atoms with van der Waals surface area (Å²) in [5, 5.41) is 1.36. The molecular weight excluding hydrogens is 388 g/mol. The smallest absolute Gasteiger partial charge is 0.213 e. The quantitative estimate of drug-likeness (QED) is 0.331. The molecule has 0 N–H and O–H groups in total. The third-order valence-corrected chi connectivity index (χ3v) is 7.16. The topological polar surface area (TPSA) is 16.8 Å². The summed E-state index contributed by atoms with van der Waals surface area (Å²) < 4.78 is 2.37. The molecule has 32 heavy (non-hydrogen) atoms. The van der Waals surface area contributed by atoms with Gasteiger partial charge in [0.1, 0.15) is 7.05 Å². The van der Waals surface area contributed by atoms with Gasteiger partial charge >= 0.3 is 0 Å². The minimum atomic E-state index is -0.0982. The second kappa shape index (κ2) is 7.27. The van der Waals surface area contributed by atoms with Crippen molar-refractivity contribution < 1.29 is 4.57 Å². The Morgan fingerprint density at radius 2 is 1.69 bits per heavy atom. The van der Waals surface area contributed by atoms with Crippen molar-refractivity contribution >= 4 is 10.9 Å². The van der Waals surface area contributed by atoms with Crippen molar-refractivity contribution in [1.82, 2.24) is 4.98 Å². The summed E-state index contributed by atoms with van der Waals surface area (Å²) in [7, 11) is 2.20. The van der Waals surface area contributed by atoms with Gasteiger partial charge in [0.15, 0.2) is 0 Å². The second-order valence-corrected chi connectivity index (χ2v) is 10.4. The Hall–Kier alpha value is -3.00. The van der Waals surface area contributed by atoms with Gasteiger partial charge in [0.2, 0.25) is 11.2 Å². The number of hydrogen-bond donors (Lipinski definition) is 0. The minimum absolute atomic E-state index is 0.0982. The molecule has 0 spiro atoms. The van der Waals surface area contributed by atoms with Crippen molar-refractivity contribution in [2.45, 2.75) is 53.4 Å². The van der Waals surface area contributed by atoms with Crippen molar-refractivity contribution in [3.05, 3.63) is 82.7 Å². The first-order valence-corrected chi connectivity index (χ1v) is 11.7. The zero-order valence-corrected chi connectivity index (χ0v) is 20.4. The Balaban J connectivity index is 1.70. The van der Waals surface area contributed by atoms with Crippen LogP contribution >= 0.6 is 0 Å². The molecule has 2 nitrogen and oxygen atoms in total.